The summed E-state index contributed by atoms with van der Waals surface area (Å²) < 4.78 is 21.6. The number of aliphatic hydroxyl groups is 1. The minimum atomic E-state index is -1.19. The van der Waals surface area contributed by atoms with Gasteiger partial charge in [0.15, 0.2) is 5.96 Å². The monoisotopic (exact) mass is 399 g/mol. The van der Waals surface area contributed by atoms with E-state index in [9.17, 15) is 9.50 Å². The fraction of sp³-hybridized carbons (Fsp3) is 0.333. The number of benzene rings is 1. The van der Waals surface area contributed by atoms with Crippen LogP contribution in [0.15, 0.2) is 58.5 Å². The summed E-state index contributed by atoms with van der Waals surface area (Å²) in [4.78, 5) is 8.42. The lowest BCUT2D eigenvalue weighted by Gasteiger charge is -2.22. The van der Waals surface area contributed by atoms with Crippen molar-refractivity contribution < 1.29 is 13.9 Å². The molecule has 2 aromatic heterocycles. The summed E-state index contributed by atoms with van der Waals surface area (Å²) in [6.07, 6.45) is 4.84. The van der Waals surface area contributed by atoms with Crippen molar-refractivity contribution in [1.82, 2.24) is 20.2 Å². The Bertz CT molecular complexity index is 963. The number of aliphatic imine (C=N–C) groups is 1. The number of nitrogens with zero attached hydrogens (tertiary/aromatic N) is 3. The molecule has 154 valence electrons. The van der Waals surface area contributed by atoms with Crippen LogP contribution in [0.25, 0.3) is 5.69 Å². The van der Waals surface area contributed by atoms with Gasteiger partial charge in [0.2, 0.25) is 0 Å². The van der Waals surface area contributed by atoms with E-state index in [1.165, 1.54) is 6.07 Å². The number of furan rings is 1. The molecule has 0 spiro atoms. The number of hydrogen-bond acceptors (Lipinski definition) is 4. The number of aromatic nitrogens is 2. The molecule has 3 N–H and O–H groups in total. The highest BCUT2D eigenvalue weighted by atomic mass is 19.1. The third-order valence-electron chi connectivity index (χ3n) is 4.43. The first-order valence-electron chi connectivity index (χ1n) is 9.47. The SMILES string of the molecule is CCNC(=NCc1ccc(-n2ccnc2)c(F)c1)NCC(C)(O)c1ccc(C)o1. The van der Waals surface area contributed by atoms with Crippen LogP contribution < -0.4 is 10.6 Å². The van der Waals surface area contributed by atoms with Gasteiger partial charge in [0.1, 0.15) is 22.9 Å². The largest absolute Gasteiger partial charge is 0.463 e. The van der Waals surface area contributed by atoms with E-state index in [1.54, 1.807) is 42.3 Å². The Balaban J connectivity index is 1.67. The molecule has 0 aliphatic heterocycles. The summed E-state index contributed by atoms with van der Waals surface area (Å²) in [5.41, 5.74) is -0.0229. The minimum Gasteiger partial charge on any atom is -0.463 e. The van der Waals surface area contributed by atoms with Crippen molar-refractivity contribution in [2.24, 2.45) is 4.99 Å². The van der Waals surface area contributed by atoms with Crippen LogP contribution in [0.1, 0.15) is 30.9 Å². The number of halogens is 1. The zero-order chi connectivity index (χ0) is 20.9. The van der Waals surface area contributed by atoms with E-state index in [0.29, 0.717) is 30.5 Å². The van der Waals surface area contributed by atoms with Crippen LogP contribution in [-0.4, -0.2) is 33.7 Å². The van der Waals surface area contributed by atoms with Crippen LogP contribution in [0.5, 0.6) is 0 Å². The molecule has 0 bridgehead atoms. The molecule has 0 saturated heterocycles. The van der Waals surface area contributed by atoms with Crippen LogP contribution in [0.4, 0.5) is 4.39 Å². The van der Waals surface area contributed by atoms with Gasteiger partial charge in [-0.3, -0.25) is 0 Å². The number of guanidine groups is 1. The zero-order valence-corrected chi connectivity index (χ0v) is 16.8. The molecule has 3 rings (SSSR count). The molecule has 7 nitrogen and oxygen atoms in total. The Morgan fingerprint density at radius 1 is 1.31 bits per heavy atom. The van der Waals surface area contributed by atoms with Crippen LogP contribution in [0, 0.1) is 12.7 Å². The lowest BCUT2D eigenvalue weighted by molar-refractivity contribution is 0.0378. The minimum absolute atomic E-state index is 0.208. The van der Waals surface area contributed by atoms with E-state index >= 15 is 0 Å². The predicted molar refractivity (Wildman–Crippen MR) is 109 cm³/mol. The number of hydrogen-bond donors (Lipinski definition) is 3. The smallest absolute Gasteiger partial charge is 0.191 e. The molecule has 8 heteroatoms. The first kappa shape index (κ1) is 20.6. The van der Waals surface area contributed by atoms with Gasteiger partial charge < -0.3 is 24.7 Å². The van der Waals surface area contributed by atoms with E-state index in [0.717, 1.165) is 11.3 Å². The quantitative estimate of drug-likeness (QED) is 0.420. The number of rotatable bonds is 7. The van der Waals surface area contributed by atoms with E-state index in [1.807, 2.05) is 26.0 Å². The molecule has 1 atom stereocenters. The Labute approximate surface area is 169 Å². The van der Waals surface area contributed by atoms with E-state index in [-0.39, 0.29) is 12.4 Å². The lowest BCUT2D eigenvalue weighted by atomic mass is 10.0. The van der Waals surface area contributed by atoms with Crippen LogP contribution in [0.2, 0.25) is 0 Å². The summed E-state index contributed by atoms with van der Waals surface area (Å²) in [5, 5.41) is 16.9. The topological polar surface area (TPSA) is 87.6 Å². The maximum absolute atomic E-state index is 14.4. The maximum atomic E-state index is 14.4. The average Bonchev–Trinajstić information content (AvgIpc) is 3.36. The van der Waals surface area contributed by atoms with Gasteiger partial charge in [-0.25, -0.2) is 14.4 Å². The highest BCUT2D eigenvalue weighted by molar-refractivity contribution is 5.79. The summed E-state index contributed by atoms with van der Waals surface area (Å²) in [5.74, 6) is 1.40. The van der Waals surface area contributed by atoms with Gasteiger partial charge in [-0.15, -0.1) is 0 Å². The summed E-state index contributed by atoms with van der Waals surface area (Å²) in [6.45, 7) is 6.60. The van der Waals surface area contributed by atoms with Gasteiger partial charge in [-0.2, -0.15) is 0 Å². The van der Waals surface area contributed by atoms with Crippen LogP contribution in [0.3, 0.4) is 0 Å². The van der Waals surface area contributed by atoms with Gasteiger partial charge in [-0.05, 0) is 50.6 Å². The van der Waals surface area contributed by atoms with Crippen molar-refractivity contribution in [3.8, 4) is 5.69 Å². The fourth-order valence-electron chi connectivity index (χ4n) is 2.84. The van der Waals surface area contributed by atoms with Crippen molar-refractivity contribution >= 4 is 5.96 Å². The summed E-state index contributed by atoms with van der Waals surface area (Å²) in [7, 11) is 0. The Kier molecular flexibility index (Phi) is 6.33. The number of imidazole rings is 1. The molecule has 0 aliphatic carbocycles. The molecule has 0 fully saturated rings. The second kappa shape index (κ2) is 8.91. The van der Waals surface area contributed by atoms with Crippen molar-refractivity contribution in [1.29, 1.82) is 0 Å². The third-order valence-corrected chi connectivity index (χ3v) is 4.43. The Morgan fingerprint density at radius 2 is 2.14 bits per heavy atom. The van der Waals surface area contributed by atoms with Crippen molar-refractivity contribution in [2.45, 2.75) is 32.9 Å². The lowest BCUT2D eigenvalue weighted by Crippen LogP contribution is -2.44. The van der Waals surface area contributed by atoms with E-state index < -0.39 is 5.60 Å². The number of nitrogens with one attached hydrogen (secondary N) is 2. The summed E-state index contributed by atoms with van der Waals surface area (Å²) >= 11 is 0. The van der Waals surface area contributed by atoms with Gasteiger partial charge in [0.05, 0.1) is 25.1 Å². The van der Waals surface area contributed by atoms with E-state index in [2.05, 4.69) is 20.6 Å². The zero-order valence-electron chi connectivity index (χ0n) is 16.8. The molecular weight excluding hydrogens is 373 g/mol. The average molecular weight is 399 g/mol. The van der Waals surface area contributed by atoms with Crippen LogP contribution in [-0.2, 0) is 12.1 Å². The molecule has 0 radical (unpaired) electrons. The van der Waals surface area contributed by atoms with Gasteiger partial charge in [0, 0.05) is 18.9 Å². The van der Waals surface area contributed by atoms with Crippen molar-refractivity contribution in [3.05, 3.63) is 72.0 Å². The van der Waals surface area contributed by atoms with Crippen molar-refractivity contribution in [3.63, 3.8) is 0 Å². The molecular formula is C21H26FN5O2. The molecule has 0 amide bonds. The van der Waals surface area contributed by atoms with Gasteiger partial charge in [0.25, 0.3) is 0 Å². The first-order chi connectivity index (χ1) is 13.9. The molecule has 29 heavy (non-hydrogen) atoms. The standard InChI is InChI=1S/C21H26FN5O2/c1-4-24-20(26-13-21(3,28)19-8-5-15(2)29-19)25-12-16-6-7-18(17(22)11-16)27-10-9-23-14-27/h5-11,14,28H,4,12-13H2,1-3H3,(H2,24,25,26). The Hall–Kier alpha value is -3.13. The second-order valence-corrected chi connectivity index (χ2v) is 6.99. The third kappa shape index (κ3) is 5.23. The highest BCUT2D eigenvalue weighted by Crippen LogP contribution is 2.22. The molecule has 0 saturated carbocycles. The van der Waals surface area contributed by atoms with Crippen LogP contribution >= 0.6 is 0 Å². The molecule has 0 aliphatic rings. The Morgan fingerprint density at radius 3 is 2.76 bits per heavy atom. The highest BCUT2D eigenvalue weighted by Gasteiger charge is 2.27. The molecule has 1 aromatic carbocycles. The maximum Gasteiger partial charge on any atom is 0.191 e. The first-order valence-corrected chi connectivity index (χ1v) is 9.47. The van der Waals surface area contributed by atoms with Gasteiger partial charge in [-0.1, -0.05) is 6.07 Å². The second-order valence-electron chi connectivity index (χ2n) is 6.99. The summed E-state index contributed by atoms with van der Waals surface area (Å²) in [6, 6.07) is 8.56. The molecule has 2 heterocycles. The van der Waals surface area contributed by atoms with Crippen molar-refractivity contribution in [2.75, 3.05) is 13.1 Å². The predicted octanol–water partition coefficient (Wildman–Crippen LogP) is 2.88. The molecule has 1 unspecified atom stereocenters. The number of aryl methyl sites for hydroxylation is 1. The van der Waals surface area contributed by atoms with Gasteiger partial charge >= 0.3 is 0 Å². The molecule has 3 aromatic rings. The van der Waals surface area contributed by atoms with E-state index in [4.69, 9.17) is 4.42 Å². The fourth-order valence-corrected chi connectivity index (χ4v) is 2.84. The normalized spacial score (nSPS) is 13.9.